The van der Waals surface area contributed by atoms with Crippen LogP contribution >= 0.6 is 0 Å². The third kappa shape index (κ3) is 4.93. The van der Waals surface area contributed by atoms with Crippen molar-refractivity contribution in [3.8, 4) is 0 Å². The molecule has 0 saturated heterocycles. The van der Waals surface area contributed by atoms with Crippen LogP contribution in [0.3, 0.4) is 0 Å². The zero-order chi connectivity index (χ0) is 12.7. The lowest BCUT2D eigenvalue weighted by Crippen LogP contribution is -2.13. The molecule has 1 atom stereocenters. The smallest absolute Gasteiger partial charge is 0.108 e. The number of rotatable bonds is 8. The third-order valence-corrected chi connectivity index (χ3v) is 3.39. The summed E-state index contributed by atoms with van der Waals surface area (Å²) in [4.78, 5) is 4.49. The summed E-state index contributed by atoms with van der Waals surface area (Å²) in [5.74, 6) is 2.76. The summed E-state index contributed by atoms with van der Waals surface area (Å²) in [5.41, 5.74) is 0. The first-order valence-electron chi connectivity index (χ1n) is 7.17. The van der Waals surface area contributed by atoms with E-state index in [0.29, 0.717) is 5.92 Å². The molecule has 0 amide bonds. The molecular weight excluding hydrogens is 208 g/mol. The first-order valence-corrected chi connectivity index (χ1v) is 7.17. The average Bonchev–Trinajstić information content (AvgIpc) is 2.70. The van der Waals surface area contributed by atoms with E-state index in [2.05, 4.69) is 43.4 Å². The van der Waals surface area contributed by atoms with Gasteiger partial charge in [0.15, 0.2) is 0 Å². The average molecular weight is 236 g/mol. The van der Waals surface area contributed by atoms with Crippen LogP contribution in [-0.2, 0) is 13.0 Å². The van der Waals surface area contributed by atoms with Gasteiger partial charge in [0.1, 0.15) is 5.82 Å². The van der Waals surface area contributed by atoms with E-state index in [1.807, 2.05) is 6.20 Å². The van der Waals surface area contributed by atoms with Crippen LogP contribution in [-0.4, -0.2) is 9.55 Å². The van der Waals surface area contributed by atoms with Crippen LogP contribution in [0.4, 0.5) is 0 Å². The van der Waals surface area contributed by atoms with Gasteiger partial charge in [-0.1, -0.05) is 47.0 Å². The molecule has 2 nitrogen and oxygen atoms in total. The van der Waals surface area contributed by atoms with Crippen LogP contribution in [0.15, 0.2) is 12.4 Å². The Balaban J connectivity index is 2.56. The first kappa shape index (κ1) is 14.3. The van der Waals surface area contributed by atoms with Crippen molar-refractivity contribution in [1.29, 1.82) is 0 Å². The Bertz CT molecular complexity index is 302. The topological polar surface area (TPSA) is 17.8 Å². The Morgan fingerprint density at radius 3 is 2.65 bits per heavy atom. The van der Waals surface area contributed by atoms with Gasteiger partial charge < -0.3 is 4.57 Å². The second-order valence-electron chi connectivity index (χ2n) is 5.51. The predicted octanol–water partition coefficient (Wildman–Crippen LogP) is 4.30. The van der Waals surface area contributed by atoms with E-state index in [1.165, 1.54) is 31.5 Å². The van der Waals surface area contributed by atoms with Gasteiger partial charge in [0.05, 0.1) is 0 Å². The Morgan fingerprint density at radius 1 is 1.29 bits per heavy atom. The van der Waals surface area contributed by atoms with Gasteiger partial charge in [-0.05, 0) is 18.3 Å². The molecule has 1 unspecified atom stereocenters. The highest BCUT2D eigenvalue weighted by Crippen LogP contribution is 2.17. The maximum absolute atomic E-state index is 4.49. The molecule has 1 aromatic heterocycles. The fourth-order valence-corrected chi connectivity index (χ4v) is 2.26. The maximum atomic E-state index is 4.49. The molecule has 2 heteroatoms. The fourth-order valence-electron chi connectivity index (χ4n) is 2.26. The van der Waals surface area contributed by atoms with Crippen molar-refractivity contribution in [3.63, 3.8) is 0 Å². The van der Waals surface area contributed by atoms with Crippen LogP contribution in [0.1, 0.15) is 59.2 Å². The molecule has 0 aliphatic rings. The molecule has 0 N–H and O–H groups in total. The first-order chi connectivity index (χ1) is 8.17. The van der Waals surface area contributed by atoms with E-state index in [0.717, 1.165) is 18.9 Å². The van der Waals surface area contributed by atoms with Gasteiger partial charge >= 0.3 is 0 Å². The summed E-state index contributed by atoms with van der Waals surface area (Å²) < 4.78 is 2.36. The molecule has 0 fully saturated rings. The van der Waals surface area contributed by atoms with E-state index < -0.39 is 0 Å². The van der Waals surface area contributed by atoms with Crippen molar-refractivity contribution in [2.75, 3.05) is 0 Å². The highest BCUT2D eigenvalue weighted by atomic mass is 15.1. The quantitative estimate of drug-likeness (QED) is 0.658. The van der Waals surface area contributed by atoms with E-state index in [1.54, 1.807) is 0 Å². The number of unbranched alkanes of at least 4 members (excludes halogenated alkanes) is 1. The second-order valence-corrected chi connectivity index (χ2v) is 5.51. The fraction of sp³-hybridized carbons (Fsp3) is 0.800. The molecule has 1 aromatic rings. The highest BCUT2D eigenvalue weighted by molar-refractivity contribution is 4.93. The summed E-state index contributed by atoms with van der Waals surface area (Å²) >= 11 is 0. The number of hydrogen-bond donors (Lipinski definition) is 0. The molecular formula is C15H28N2. The van der Waals surface area contributed by atoms with Crippen molar-refractivity contribution < 1.29 is 0 Å². The number of aromatic nitrogens is 2. The Kier molecular flexibility index (Phi) is 6.31. The Morgan fingerprint density at radius 2 is 2.06 bits per heavy atom. The number of hydrogen-bond acceptors (Lipinski definition) is 1. The van der Waals surface area contributed by atoms with Crippen molar-refractivity contribution in [1.82, 2.24) is 9.55 Å². The third-order valence-electron chi connectivity index (χ3n) is 3.39. The van der Waals surface area contributed by atoms with Crippen molar-refractivity contribution >= 4 is 0 Å². The lowest BCUT2D eigenvalue weighted by Gasteiger charge is -2.17. The molecule has 98 valence electrons. The lowest BCUT2D eigenvalue weighted by atomic mass is 9.99. The van der Waals surface area contributed by atoms with Gasteiger partial charge in [-0.25, -0.2) is 4.98 Å². The zero-order valence-corrected chi connectivity index (χ0v) is 11.9. The highest BCUT2D eigenvalue weighted by Gasteiger charge is 2.10. The van der Waals surface area contributed by atoms with E-state index >= 15 is 0 Å². The summed E-state index contributed by atoms with van der Waals surface area (Å²) in [7, 11) is 0. The largest absolute Gasteiger partial charge is 0.335 e. The molecule has 0 aliphatic carbocycles. The van der Waals surface area contributed by atoms with Crippen LogP contribution in [0.5, 0.6) is 0 Å². The minimum absolute atomic E-state index is 0.687. The van der Waals surface area contributed by atoms with E-state index in [4.69, 9.17) is 0 Å². The molecule has 0 bridgehead atoms. The van der Waals surface area contributed by atoms with Gasteiger partial charge in [-0.15, -0.1) is 0 Å². The van der Waals surface area contributed by atoms with Crippen molar-refractivity contribution in [3.05, 3.63) is 18.2 Å². The van der Waals surface area contributed by atoms with Crippen LogP contribution in [0.25, 0.3) is 0 Å². The van der Waals surface area contributed by atoms with Crippen LogP contribution in [0.2, 0.25) is 0 Å². The van der Waals surface area contributed by atoms with Crippen LogP contribution in [0, 0.1) is 11.8 Å². The maximum Gasteiger partial charge on any atom is 0.108 e. The Hall–Kier alpha value is -0.790. The number of imidazole rings is 1. The Labute approximate surface area is 106 Å². The molecule has 1 rings (SSSR count). The molecule has 0 aromatic carbocycles. The molecule has 0 saturated carbocycles. The minimum atomic E-state index is 0.687. The second kappa shape index (κ2) is 7.52. The lowest BCUT2D eigenvalue weighted by molar-refractivity contribution is 0.381. The zero-order valence-electron chi connectivity index (χ0n) is 11.9. The van der Waals surface area contributed by atoms with Crippen molar-refractivity contribution in [2.45, 2.75) is 66.3 Å². The molecule has 1 heterocycles. The normalized spacial score (nSPS) is 13.2. The standard InChI is InChI=1S/C15H28N2/c1-5-7-8-14(6-2)12-17-10-9-16-15(17)11-13(3)4/h9-10,13-14H,5-8,11-12H2,1-4H3. The summed E-state index contributed by atoms with van der Waals surface area (Å²) in [6, 6.07) is 0. The molecule has 0 radical (unpaired) electrons. The minimum Gasteiger partial charge on any atom is -0.335 e. The monoisotopic (exact) mass is 236 g/mol. The summed E-state index contributed by atoms with van der Waals surface area (Å²) in [6.07, 6.45) is 10.5. The molecule has 0 spiro atoms. The van der Waals surface area contributed by atoms with Gasteiger partial charge in [0, 0.05) is 25.4 Å². The van der Waals surface area contributed by atoms with Gasteiger partial charge in [-0.2, -0.15) is 0 Å². The molecule has 17 heavy (non-hydrogen) atoms. The van der Waals surface area contributed by atoms with E-state index in [9.17, 15) is 0 Å². The van der Waals surface area contributed by atoms with Gasteiger partial charge in [-0.3, -0.25) is 0 Å². The SMILES string of the molecule is CCCCC(CC)Cn1ccnc1CC(C)C. The van der Waals surface area contributed by atoms with Crippen molar-refractivity contribution in [2.24, 2.45) is 11.8 Å². The van der Waals surface area contributed by atoms with Gasteiger partial charge in [0.2, 0.25) is 0 Å². The molecule has 0 aliphatic heterocycles. The van der Waals surface area contributed by atoms with Crippen LogP contribution < -0.4 is 0 Å². The summed E-state index contributed by atoms with van der Waals surface area (Å²) in [5, 5.41) is 0. The number of nitrogens with zero attached hydrogens (tertiary/aromatic N) is 2. The van der Waals surface area contributed by atoms with E-state index in [-0.39, 0.29) is 0 Å². The summed E-state index contributed by atoms with van der Waals surface area (Å²) in [6.45, 7) is 10.2. The predicted molar refractivity (Wildman–Crippen MR) is 74.1 cm³/mol. The van der Waals surface area contributed by atoms with Gasteiger partial charge in [0.25, 0.3) is 0 Å².